The van der Waals surface area contributed by atoms with Gasteiger partial charge in [0.05, 0.1) is 24.1 Å². The van der Waals surface area contributed by atoms with E-state index in [-0.39, 0.29) is 18.1 Å². The first-order valence-electron chi connectivity index (χ1n) is 7.38. The number of halogens is 3. The molecule has 2 heterocycles. The topological polar surface area (TPSA) is 55.1 Å². The number of nitrogens with one attached hydrogen (secondary N) is 1. The minimum Gasteiger partial charge on any atom is -0.467 e. The van der Waals surface area contributed by atoms with Gasteiger partial charge in [-0.3, -0.25) is 9.78 Å². The standard InChI is InChI=1S/C18H13F3N2O2/c19-18(20,21)14-7-8-22-16(10-14)12-3-5-13(6-4-12)17(24)23-11-15-2-1-9-25-15/h1-10H,11H2,(H,23,24). The predicted molar refractivity (Wildman–Crippen MR) is 84.6 cm³/mol. The smallest absolute Gasteiger partial charge is 0.416 e. The third-order valence-electron chi connectivity index (χ3n) is 3.53. The zero-order valence-electron chi connectivity index (χ0n) is 12.9. The summed E-state index contributed by atoms with van der Waals surface area (Å²) < 4.78 is 43.4. The van der Waals surface area contributed by atoms with E-state index in [2.05, 4.69) is 10.3 Å². The molecule has 3 aromatic rings. The summed E-state index contributed by atoms with van der Waals surface area (Å²) in [5.41, 5.74) is 0.311. The molecule has 0 saturated heterocycles. The molecule has 0 saturated carbocycles. The molecule has 0 atom stereocenters. The molecule has 0 aliphatic carbocycles. The first kappa shape index (κ1) is 16.8. The summed E-state index contributed by atoms with van der Waals surface area (Å²) >= 11 is 0. The number of amides is 1. The summed E-state index contributed by atoms with van der Waals surface area (Å²) in [6.45, 7) is 0.253. The van der Waals surface area contributed by atoms with Crippen LogP contribution in [-0.2, 0) is 12.7 Å². The molecule has 0 unspecified atom stereocenters. The molecule has 4 nitrogen and oxygen atoms in total. The maximum atomic E-state index is 12.8. The Labute approximate surface area is 141 Å². The van der Waals surface area contributed by atoms with Crippen LogP contribution < -0.4 is 5.32 Å². The number of benzene rings is 1. The van der Waals surface area contributed by atoms with Gasteiger partial charge in [0.2, 0.25) is 0 Å². The number of rotatable bonds is 4. The van der Waals surface area contributed by atoms with Crippen LogP contribution in [-0.4, -0.2) is 10.9 Å². The maximum absolute atomic E-state index is 12.8. The highest BCUT2D eigenvalue weighted by Gasteiger charge is 2.30. The summed E-state index contributed by atoms with van der Waals surface area (Å²) in [6.07, 6.45) is -1.80. The third-order valence-corrected chi connectivity index (χ3v) is 3.53. The molecule has 1 N–H and O–H groups in total. The molecular weight excluding hydrogens is 333 g/mol. The van der Waals surface area contributed by atoms with Gasteiger partial charge in [0.1, 0.15) is 5.76 Å². The summed E-state index contributed by atoms with van der Waals surface area (Å²) in [5.74, 6) is 0.318. The lowest BCUT2D eigenvalue weighted by Gasteiger charge is -2.09. The Bertz CT molecular complexity index is 857. The van der Waals surface area contributed by atoms with Crippen LogP contribution in [0.2, 0.25) is 0 Å². The van der Waals surface area contributed by atoms with Gasteiger partial charge in [-0.15, -0.1) is 0 Å². The number of nitrogens with zero attached hydrogens (tertiary/aromatic N) is 1. The quantitative estimate of drug-likeness (QED) is 0.767. The van der Waals surface area contributed by atoms with E-state index in [0.29, 0.717) is 16.9 Å². The molecule has 0 spiro atoms. The fraction of sp³-hybridized carbons (Fsp3) is 0.111. The third kappa shape index (κ3) is 4.06. The molecular formula is C18H13F3N2O2. The van der Waals surface area contributed by atoms with Crippen molar-refractivity contribution < 1.29 is 22.4 Å². The van der Waals surface area contributed by atoms with Crippen LogP contribution in [0.4, 0.5) is 13.2 Å². The van der Waals surface area contributed by atoms with Crippen molar-refractivity contribution in [2.75, 3.05) is 0 Å². The number of alkyl halides is 3. The van der Waals surface area contributed by atoms with Crippen molar-refractivity contribution in [1.29, 1.82) is 0 Å². The van der Waals surface area contributed by atoms with Crippen LogP contribution in [0, 0.1) is 0 Å². The zero-order chi connectivity index (χ0) is 17.9. The van der Waals surface area contributed by atoms with E-state index in [9.17, 15) is 18.0 Å². The molecule has 1 amide bonds. The van der Waals surface area contributed by atoms with Gasteiger partial charge in [-0.05, 0) is 36.4 Å². The molecule has 0 bridgehead atoms. The molecule has 3 rings (SSSR count). The van der Waals surface area contributed by atoms with Crippen molar-refractivity contribution in [1.82, 2.24) is 10.3 Å². The second kappa shape index (κ2) is 6.80. The van der Waals surface area contributed by atoms with Gasteiger partial charge in [0.15, 0.2) is 0 Å². The Balaban J connectivity index is 1.73. The fourth-order valence-electron chi connectivity index (χ4n) is 2.24. The Kier molecular flexibility index (Phi) is 4.56. The molecule has 7 heteroatoms. The molecule has 0 fully saturated rings. The Hall–Kier alpha value is -3.09. The van der Waals surface area contributed by atoms with Gasteiger partial charge >= 0.3 is 6.18 Å². The largest absolute Gasteiger partial charge is 0.467 e. The first-order valence-corrected chi connectivity index (χ1v) is 7.38. The highest BCUT2D eigenvalue weighted by atomic mass is 19.4. The Morgan fingerprint density at radius 3 is 2.52 bits per heavy atom. The van der Waals surface area contributed by atoms with Crippen molar-refractivity contribution in [2.45, 2.75) is 12.7 Å². The van der Waals surface area contributed by atoms with E-state index in [1.807, 2.05) is 0 Å². The van der Waals surface area contributed by atoms with E-state index >= 15 is 0 Å². The van der Waals surface area contributed by atoms with Gasteiger partial charge in [-0.2, -0.15) is 13.2 Å². The molecule has 0 aliphatic rings. The van der Waals surface area contributed by atoms with E-state index < -0.39 is 11.7 Å². The molecule has 2 aromatic heterocycles. The van der Waals surface area contributed by atoms with Gasteiger partial charge < -0.3 is 9.73 Å². The van der Waals surface area contributed by atoms with Crippen LogP contribution in [0.3, 0.4) is 0 Å². The van der Waals surface area contributed by atoms with Crippen LogP contribution >= 0.6 is 0 Å². The summed E-state index contributed by atoms with van der Waals surface area (Å²) in [6, 6.07) is 11.5. The lowest BCUT2D eigenvalue weighted by atomic mass is 10.1. The van der Waals surface area contributed by atoms with E-state index in [1.54, 1.807) is 24.3 Å². The van der Waals surface area contributed by atoms with Crippen molar-refractivity contribution >= 4 is 5.91 Å². The van der Waals surface area contributed by atoms with Gasteiger partial charge in [0.25, 0.3) is 5.91 Å². The minimum atomic E-state index is -4.43. The van der Waals surface area contributed by atoms with Crippen molar-refractivity contribution in [3.63, 3.8) is 0 Å². The number of aromatic nitrogens is 1. The SMILES string of the molecule is O=C(NCc1ccco1)c1ccc(-c2cc(C(F)(F)F)ccn2)cc1. The molecule has 0 aliphatic heterocycles. The number of hydrogen-bond donors (Lipinski definition) is 1. The zero-order valence-corrected chi connectivity index (χ0v) is 12.9. The normalized spacial score (nSPS) is 11.3. The minimum absolute atomic E-state index is 0.192. The van der Waals surface area contributed by atoms with E-state index in [1.165, 1.54) is 18.4 Å². The summed E-state index contributed by atoms with van der Waals surface area (Å²) in [7, 11) is 0. The average Bonchev–Trinajstić information content (AvgIpc) is 3.13. The second-order valence-corrected chi connectivity index (χ2v) is 5.27. The van der Waals surface area contributed by atoms with Crippen LogP contribution in [0.1, 0.15) is 21.7 Å². The molecule has 0 radical (unpaired) electrons. The summed E-state index contributed by atoms with van der Waals surface area (Å²) in [5, 5.41) is 2.69. The van der Waals surface area contributed by atoms with E-state index in [4.69, 9.17) is 4.42 Å². The van der Waals surface area contributed by atoms with E-state index in [0.717, 1.165) is 18.3 Å². The van der Waals surface area contributed by atoms with Crippen LogP contribution in [0.5, 0.6) is 0 Å². The lowest BCUT2D eigenvalue weighted by molar-refractivity contribution is -0.137. The van der Waals surface area contributed by atoms with Gasteiger partial charge in [-0.25, -0.2) is 0 Å². The lowest BCUT2D eigenvalue weighted by Crippen LogP contribution is -2.22. The maximum Gasteiger partial charge on any atom is 0.416 e. The number of carbonyl (C=O) groups excluding carboxylic acids is 1. The molecule has 128 valence electrons. The summed E-state index contributed by atoms with van der Waals surface area (Å²) in [4.78, 5) is 16.0. The predicted octanol–water partition coefficient (Wildman–Crippen LogP) is 4.29. The van der Waals surface area contributed by atoms with Crippen LogP contribution in [0.15, 0.2) is 65.4 Å². The van der Waals surface area contributed by atoms with Crippen molar-refractivity contribution in [3.8, 4) is 11.3 Å². The molecule has 25 heavy (non-hydrogen) atoms. The Morgan fingerprint density at radius 1 is 1.12 bits per heavy atom. The van der Waals surface area contributed by atoms with Crippen LogP contribution in [0.25, 0.3) is 11.3 Å². The Morgan fingerprint density at radius 2 is 1.88 bits per heavy atom. The van der Waals surface area contributed by atoms with Gasteiger partial charge in [0, 0.05) is 17.3 Å². The number of furan rings is 1. The highest BCUT2D eigenvalue weighted by molar-refractivity contribution is 5.94. The number of hydrogen-bond acceptors (Lipinski definition) is 3. The number of pyridine rings is 1. The second-order valence-electron chi connectivity index (χ2n) is 5.27. The fourth-order valence-corrected chi connectivity index (χ4v) is 2.24. The number of carbonyl (C=O) groups is 1. The molecule has 1 aromatic carbocycles. The van der Waals surface area contributed by atoms with Crippen molar-refractivity contribution in [2.24, 2.45) is 0 Å². The first-order chi connectivity index (χ1) is 11.9. The van der Waals surface area contributed by atoms with Crippen molar-refractivity contribution in [3.05, 3.63) is 77.9 Å². The highest BCUT2D eigenvalue weighted by Crippen LogP contribution is 2.31. The average molecular weight is 346 g/mol. The monoisotopic (exact) mass is 346 g/mol. The van der Waals surface area contributed by atoms with Gasteiger partial charge in [-0.1, -0.05) is 12.1 Å².